The number of rotatable bonds is 6. The Bertz CT molecular complexity index is 750. The Kier molecular flexibility index (Phi) is 5.14. The van der Waals surface area contributed by atoms with Crippen molar-refractivity contribution in [2.45, 2.75) is 0 Å². The van der Waals surface area contributed by atoms with Crippen molar-refractivity contribution in [3.05, 3.63) is 71.4 Å². The van der Waals surface area contributed by atoms with Gasteiger partial charge in [0.15, 0.2) is 11.5 Å². The summed E-state index contributed by atoms with van der Waals surface area (Å²) in [5.41, 5.74) is 0. The fourth-order valence-corrected chi connectivity index (χ4v) is 5.43. The molecule has 2 unspecified atom stereocenters. The molecule has 1 heterocycles. The smallest absolute Gasteiger partial charge is 0.250 e. The summed E-state index contributed by atoms with van der Waals surface area (Å²) in [6.45, 7) is 0. The van der Waals surface area contributed by atoms with Crippen LogP contribution in [0.3, 0.4) is 0 Å². The second kappa shape index (κ2) is 7.47. The lowest BCUT2D eigenvalue weighted by Crippen LogP contribution is -2.16. The molecule has 0 fully saturated rings. The first kappa shape index (κ1) is 15.8. The van der Waals surface area contributed by atoms with E-state index in [4.69, 9.17) is 9.05 Å². The summed E-state index contributed by atoms with van der Waals surface area (Å²) in [5.74, 6) is 1.01. The van der Waals surface area contributed by atoms with Crippen LogP contribution in [0.25, 0.3) is 0 Å². The molecule has 2 atom stereocenters. The second-order valence-corrected chi connectivity index (χ2v) is 7.57. The third-order valence-corrected chi connectivity index (χ3v) is 6.43. The molecule has 0 aliphatic rings. The molecule has 3 aromatic rings. The van der Waals surface area contributed by atoms with E-state index in [-0.39, 0.29) is 0 Å². The van der Waals surface area contributed by atoms with Crippen molar-refractivity contribution in [2.24, 2.45) is 0 Å². The van der Waals surface area contributed by atoms with Crippen LogP contribution in [0.4, 0.5) is 0 Å². The Morgan fingerprint density at radius 2 is 1.04 bits per heavy atom. The fraction of sp³-hybridized carbons (Fsp3) is 0. The maximum atomic E-state index is 12.4. The van der Waals surface area contributed by atoms with E-state index in [0.717, 1.165) is 0 Å². The van der Waals surface area contributed by atoms with Crippen molar-refractivity contribution < 1.29 is 18.2 Å². The minimum atomic E-state index is -2.15. The Morgan fingerprint density at radius 3 is 1.43 bits per heavy atom. The highest BCUT2D eigenvalue weighted by Crippen LogP contribution is 2.32. The minimum absolute atomic E-state index is 0.408. The Balaban J connectivity index is 1.76. The van der Waals surface area contributed by atoms with Crippen LogP contribution in [0.1, 0.15) is 0 Å². The molecular formula is C16H12O4P2S+2. The molecule has 7 heteroatoms. The summed E-state index contributed by atoms with van der Waals surface area (Å²) in [6, 6.07) is 17.8. The van der Waals surface area contributed by atoms with Crippen molar-refractivity contribution in [3.8, 4) is 11.5 Å². The molecule has 0 aliphatic heterocycles. The van der Waals surface area contributed by atoms with E-state index in [1.54, 1.807) is 59.3 Å². The third kappa shape index (κ3) is 4.02. The van der Waals surface area contributed by atoms with Gasteiger partial charge >= 0.3 is 26.7 Å². The lowest BCUT2D eigenvalue weighted by atomic mass is 10.3. The van der Waals surface area contributed by atoms with Gasteiger partial charge in [0, 0.05) is 0 Å². The van der Waals surface area contributed by atoms with E-state index in [1.165, 1.54) is 11.3 Å². The zero-order valence-corrected chi connectivity index (χ0v) is 14.5. The number of hydrogen-bond acceptors (Lipinski definition) is 5. The van der Waals surface area contributed by atoms with Gasteiger partial charge in [-0.1, -0.05) is 36.4 Å². The van der Waals surface area contributed by atoms with Gasteiger partial charge in [0.25, 0.3) is 0 Å². The molecule has 0 saturated heterocycles. The fourth-order valence-electron chi connectivity index (χ4n) is 1.81. The summed E-state index contributed by atoms with van der Waals surface area (Å²) < 4.78 is 35.7. The second-order valence-electron chi connectivity index (χ2n) is 4.47. The maximum Gasteiger partial charge on any atom is 0.603 e. The molecule has 0 spiro atoms. The summed E-state index contributed by atoms with van der Waals surface area (Å²) in [5, 5.41) is 4.17. The predicted octanol–water partition coefficient (Wildman–Crippen LogP) is 4.64. The first-order chi connectivity index (χ1) is 11.2. The Morgan fingerprint density at radius 1 is 0.652 bits per heavy atom. The molecule has 1 aromatic heterocycles. The SMILES string of the molecule is O=[P+](Oc1ccccc1)c1cscc1[P+](=O)Oc1ccccc1. The average molecular weight is 362 g/mol. The molecule has 0 bridgehead atoms. The molecule has 0 aliphatic carbocycles. The quantitative estimate of drug-likeness (QED) is 0.600. The van der Waals surface area contributed by atoms with Gasteiger partial charge in [-0.05, 0) is 33.4 Å². The van der Waals surface area contributed by atoms with E-state index in [1.807, 2.05) is 12.1 Å². The molecule has 23 heavy (non-hydrogen) atoms. The van der Waals surface area contributed by atoms with Gasteiger partial charge in [-0.25, -0.2) is 0 Å². The van der Waals surface area contributed by atoms with Crippen molar-refractivity contribution in [2.75, 3.05) is 0 Å². The van der Waals surface area contributed by atoms with E-state index >= 15 is 0 Å². The Labute approximate surface area is 139 Å². The number of thiophene rings is 1. The third-order valence-electron chi connectivity index (χ3n) is 2.88. The molecule has 0 amide bonds. The van der Waals surface area contributed by atoms with Gasteiger partial charge in [0.1, 0.15) is 0 Å². The zero-order valence-electron chi connectivity index (χ0n) is 11.9. The van der Waals surface area contributed by atoms with Crippen LogP contribution in [-0.4, -0.2) is 0 Å². The van der Waals surface area contributed by atoms with Crippen LogP contribution in [0, 0.1) is 0 Å². The van der Waals surface area contributed by atoms with E-state index in [9.17, 15) is 9.13 Å². The molecule has 3 rings (SSSR count). The van der Waals surface area contributed by atoms with Crippen LogP contribution < -0.4 is 19.7 Å². The molecule has 0 saturated carbocycles. The van der Waals surface area contributed by atoms with Crippen molar-refractivity contribution >= 4 is 38.0 Å². The van der Waals surface area contributed by atoms with Gasteiger partial charge in [-0.3, -0.25) is 9.05 Å². The topological polar surface area (TPSA) is 52.6 Å². The zero-order chi connectivity index (χ0) is 16.1. The lowest BCUT2D eigenvalue weighted by molar-refractivity contribution is 0.511. The van der Waals surface area contributed by atoms with Crippen LogP contribution in [0.2, 0.25) is 0 Å². The highest BCUT2D eigenvalue weighted by Gasteiger charge is 2.41. The summed E-state index contributed by atoms with van der Waals surface area (Å²) in [6.07, 6.45) is 0. The summed E-state index contributed by atoms with van der Waals surface area (Å²) >= 11 is 1.32. The van der Waals surface area contributed by atoms with Crippen LogP contribution in [0.15, 0.2) is 71.4 Å². The van der Waals surface area contributed by atoms with Crippen molar-refractivity contribution in [3.63, 3.8) is 0 Å². The number of hydrogen-bond donors (Lipinski definition) is 0. The monoisotopic (exact) mass is 362 g/mol. The molecule has 4 nitrogen and oxygen atoms in total. The molecule has 0 N–H and O–H groups in total. The van der Waals surface area contributed by atoms with Gasteiger partial charge < -0.3 is 0 Å². The van der Waals surface area contributed by atoms with Gasteiger partial charge in [0.2, 0.25) is 0 Å². The molecule has 114 valence electrons. The predicted molar refractivity (Wildman–Crippen MR) is 92.9 cm³/mol. The molecule has 2 aromatic carbocycles. The first-order valence-electron chi connectivity index (χ1n) is 6.71. The van der Waals surface area contributed by atoms with E-state index < -0.39 is 16.1 Å². The largest absolute Gasteiger partial charge is 0.603 e. The first-order valence-corrected chi connectivity index (χ1v) is 10.0. The van der Waals surface area contributed by atoms with E-state index in [0.29, 0.717) is 22.1 Å². The average Bonchev–Trinajstić information content (AvgIpc) is 3.06. The van der Waals surface area contributed by atoms with Crippen molar-refractivity contribution in [1.29, 1.82) is 0 Å². The Hall–Kier alpha value is -2.06. The van der Waals surface area contributed by atoms with Gasteiger partial charge in [-0.2, -0.15) is 0 Å². The highest BCUT2D eigenvalue weighted by molar-refractivity contribution is 7.57. The number of benzene rings is 2. The van der Waals surface area contributed by atoms with Gasteiger partial charge in [-0.15, -0.1) is 11.3 Å². The van der Waals surface area contributed by atoms with Crippen LogP contribution >= 0.6 is 27.4 Å². The van der Waals surface area contributed by atoms with Crippen LogP contribution in [-0.2, 0) is 9.13 Å². The highest BCUT2D eigenvalue weighted by atomic mass is 32.1. The van der Waals surface area contributed by atoms with Gasteiger partial charge in [0.05, 0.1) is 10.8 Å². The standard InChI is InChI=1S/C16H12O4P2S/c17-21(19-13-7-3-1-4-8-13)15-11-23-12-16(15)22(18)20-14-9-5-2-6-10-14/h1-12H/q+2. The molecule has 0 radical (unpaired) electrons. The van der Waals surface area contributed by atoms with E-state index in [2.05, 4.69) is 0 Å². The normalized spacial score (nSPS) is 11.7. The van der Waals surface area contributed by atoms with Crippen LogP contribution in [0.5, 0.6) is 11.5 Å². The summed E-state index contributed by atoms with van der Waals surface area (Å²) in [7, 11) is -4.29. The summed E-state index contributed by atoms with van der Waals surface area (Å²) in [4.78, 5) is 0. The number of para-hydroxylation sites is 2. The minimum Gasteiger partial charge on any atom is -0.250 e. The lowest BCUT2D eigenvalue weighted by Gasteiger charge is -1.92. The van der Waals surface area contributed by atoms with Crippen molar-refractivity contribution in [1.82, 2.24) is 0 Å². The molecular weight excluding hydrogens is 350 g/mol. The maximum absolute atomic E-state index is 12.4.